The van der Waals surface area contributed by atoms with Gasteiger partial charge in [0, 0.05) is 0 Å². The van der Waals surface area contributed by atoms with Gasteiger partial charge in [0.1, 0.15) is 0 Å². The molecule has 3 aromatic carbocycles. The first-order valence-corrected chi connectivity index (χ1v) is 7.39. The largest absolute Gasteiger partial charge is 0.192 e. The Balaban J connectivity index is 1.76. The second-order valence-electron chi connectivity index (χ2n) is 5.55. The van der Waals surface area contributed by atoms with Gasteiger partial charge < -0.3 is 0 Å². The van der Waals surface area contributed by atoms with Crippen molar-refractivity contribution in [1.29, 1.82) is 5.26 Å². The van der Waals surface area contributed by atoms with E-state index in [1.54, 1.807) is 0 Å². The lowest BCUT2D eigenvalue weighted by molar-refractivity contribution is 1.19. The second-order valence-corrected chi connectivity index (χ2v) is 5.55. The molecular weight excluding hydrogens is 266 g/mol. The van der Waals surface area contributed by atoms with Gasteiger partial charge in [-0.15, -0.1) is 0 Å². The predicted molar refractivity (Wildman–Crippen MR) is 90.6 cm³/mol. The minimum absolute atomic E-state index is 0.707. The van der Waals surface area contributed by atoms with E-state index in [0.717, 1.165) is 6.42 Å². The average Bonchev–Trinajstić information content (AvgIpc) is 2.57. The highest BCUT2D eigenvalue weighted by Crippen LogP contribution is 2.21. The van der Waals surface area contributed by atoms with Gasteiger partial charge in [0.2, 0.25) is 0 Å². The molecule has 0 aromatic heterocycles. The number of hydrogen-bond donors (Lipinski definition) is 0. The smallest absolute Gasteiger partial charge is 0.0991 e. The third-order valence-corrected chi connectivity index (χ3v) is 3.83. The molecule has 0 heterocycles. The molecule has 0 saturated heterocycles. The summed E-state index contributed by atoms with van der Waals surface area (Å²) in [5, 5.41) is 8.82. The minimum atomic E-state index is 0.707. The number of nitrogens with zero attached hydrogens (tertiary/aromatic N) is 1. The highest BCUT2D eigenvalue weighted by atomic mass is 14.2. The molecule has 0 aliphatic rings. The molecule has 0 N–H and O–H groups in total. The lowest BCUT2D eigenvalue weighted by Gasteiger charge is -2.06. The SMILES string of the molecule is Cc1ccc(-c2ccc(Cc3ccc(C#N)cc3)cc2)cc1. The van der Waals surface area contributed by atoms with Crippen molar-refractivity contribution < 1.29 is 0 Å². The standard InChI is InChI=1S/C21H17N/c1-16-2-10-20(11-3-16)21-12-8-18(9-13-21)14-17-4-6-19(15-22)7-5-17/h2-13H,14H2,1H3. The van der Waals surface area contributed by atoms with E-state index in [1.807, 2.05) is 24.3 Å². The van der Waals surface area contributed by atoms with E-state index < -0.39 is 0 Å². The molecule has 0 spiro atoms. The maximum absolute atomic E-state index is 8.82. The molecule has 0 aliphatic carbocycles. The van der Waals surface area contributed by atoms with Gasteiger partial charge in [-0.05, 0) is 47.7 Å². The third kappa shape index (κ3) is 3.24. The summed E-state index contributed by atoms with van der Waals surface area (Å²) in [5.74, 6) is 0. The molecule has 3 aromatic rings. The van der Waals surface area contributed by atoms with E-state index in [-0.39, 0.29) is 0 Å². The third-order valence-electron chi connectivity index (χ3n) is 3.83. The van der Waals surface area contributed by atoms with Crippen LogP contribution < -0.4 is 0 Å². The van der Waals surface area contributed by atoms with Crippen molar-refractivity contribution in [2.24, 2.45) is 0 Å². The van der Waals surface area contributed by atoms with Crippen LogP contribution in [0.5, 0.6) is 0 Å². The summed E-state index contributed by atoms with van der Waals surface area (Å²) in [6, 6.07) is 27.2. The molecule has 0 fully saturated rings. The summed E-state index contributed by atoms with van der Waals surface area (Å²) in [7, 11) is 0. The number of nitriles is 1. The molecule has 0 amide bonds. The van der Waals surface area contributed by atoms with E-state index in [1.165, 1.54) is 27.8 Å². The maximum Gasteiger partial charge on any atom is 0.0991 e. The Hall–Kier alpha value is -2.85. The molecule has 0 bridgehead atoms. The molecule has 22 heavy (non-hydrogen) atoms. The van der Waals surface area contributed by atoms with E-state index in [9.17, 15) is 0 Å². The van der Waals surface area contributed by atoms with Crippen molar-refractivity contribution in [2.75, 3.05) is 0 Å². The number of hydrogen-bond acceptors (Lipinski definition) is 1. The lowest BCUT2D eigenvalue weighted by atomic mass is 9.99. The zero-order chi connectivity index (χ0) is 15.4. The van der Waals surface area contributed by atoms with Crippen LogP contribution in [0.4, 0.5) is 0 Å². The van der Waals surface area contributed by atoms with E-state index >= 15 is 0 Å². The number of benzene rings is 3. The molecular formula is C21H17N. The Morgan fingerprint density at radius 1 is 0.682 bits per heavy atom. The average molecular weight is 283 g/mol. The highest BCUT2D eigenvalue weighted by Gasteiger charge is 2.00. The maximum atomic E-state index is 8.82. The zero-order valence-corrected chi connectivity index (χ0v) is 12.6. The summed E-state index contributed by atoms with van der Waals surface area (Å²) in [6.45, 7) is 2.10. The van der Waals surface area contributed by atoms with Crippen LogP contribution >= 0.6 is 0 Å². The Morgan fingerprint density at radius 3 is 1.64 bits per heavy atom. The van der Waals surface area contributed by atoms with E-state index in [4.69, 9.17) is 5.26 Å². The molecule has 1 nitrogen and oxygen atoms in total. The monoisotopic (exact) mass is 283 g/mol. The summed E-state index contributed by atoms with van der Waals surface area (Å²) >= 11 is 0. The highest BCUT2D eigenvalue weighted by molar-refractivity contribution is 5.64. The molecule has 1 heteroatoms. The van der Waals surface area contributed by atoms with Crippen LogP contribution in [0.2, 0.25) is 0 Å². The van der Waals surface area contributed by atoms with Crippen molar-refractivity contribution >= 4 is 0 Å². The van der Waals surface area contributed by atoms with Gasteiger partial charge in [0.15, 0.2) is 0 Å². The Bertz CT molecular complexity index is 789. The topological polar surface area (TPSA) is 23.8 Å². The van der Waals surface area contributed by atoms with Crippen molar-refractivity contribution in [1.82, 2.24) is 0 Å². The van der Waals surface area contributed by atoms with E-state index in [2.05, 4.69) is 61.5 Å². The minimum Gasteiger partial charge on any atom is -0.192 e. The summed E-state index contributed by atoms with van der Waals surface area (Å²) in [4.78, 5) is 0. The fourth-order valence-electron chi connectivity index (χ4n) is 2.49. The molecule has 0 saturated carbocycles. The number of aryl methyl sites for hydroxylation is 1. The van der Waals surface area contributed by atoms with Gasteiger partial charge in [-0.3, -0.25) is 0 Å². The normalized spacial score (nSPS) is 10.2. The van der Waals surface area contributed by atoms with Crippen LogP contribution in [0, 0.1) is 18.3 Å². The van der Waals surface area contributed by atoms with Crippen molar-refractivity contribution in [2.45, 2.75) is 13.3 Å². The van der Waals surface area contributed by atoms with Crippen molar-refractivity contribution in [3.05, 3.63) is 95.1 Å². The van der Waals surface area contributed by atoms with Crippen LogP contribution in [0.25, 0.3) is 11.1 Å². The fraction of sp³-hybridized carbons (Fsp3) is 0.0952. The molecule has 0 aliphatic heterocycles. The first-order valence-electron chi connectivity index (χ1n) is 7.39. The van der Waals surface area contributed by atoms with Gasteiger partial charge in [-0.2, -0.15) is 5.26 Å². The van der Waals surface area contributed by atoms with Gasteiger partial charge in [-0.1, -0.05) is 66.2 Å². The Labute approximate surface area is 131 Å². The second kappa shape index (κ2) is 6.28. The van der Waals surface area contributed by atoms with Crippen molar-refractivity contribution in [3.8, 4) is 17.2 Å². The summed E-state index contributed by atoms with van der Waals surface area (Å²) in [6.07, 6.45) is 0.889. The molecule has 3 rings (SSSR count). The first-order chi connectivity index (χ1) is 10.7. The predicted octanol–water partition coefficient (Wildman–Crippen LogP) is 5.12. The van der Waals surface area contributed by atoms with Crippen LogP contribution in [-0.2, 0) is 6.42 Å². The lowest BCUT2D eigenvalue weighted by Crippen LogP contribution is -1.88. The molecule has 106 valence electrons. The Morgan fingerprint density at radius 2 is 1.14 bits per heavy atom. The van der Waals surface area contributed by atoms with Gasteiger partial charge in [0.05, 0.1) is 11.6 Å². The van der Waals surface area contributed by atoms with E-state index in [0.29, 0.717) is 5.56 Å². The van der Waals surface area contributed by atoms with Gasteiger partial charge in [0.25, 0.3) is 0 Å². The molecule has 0 unspecified atom stereocenters. The summed E-state index contributed by atoms with van der Waals surface area (Å²) in [5.41, 5.74) is 6.97. The van der Waals surface area contributed by atoms with Crippen LogP contribution in [0.1, 0.15) is 22.3 Å². The summed E-state index contributed by atoms with van der Waals surface area (Å²) < 4.78 is 0. The fourth-order valence-corrected chi connectivity index (χ4v) is 2.49. The quantitative estimate of drug-likeness (QED) is 0.654. The van der Waals surface area contributed by atoms with Crippen LogP contribution in [-0.4, -0.2) is 0 Å². The number of rotatable bonds is 3. The van der Waals surface area contributed by atoms with Crippen LogP contribution in [0.3, 0.4) is 0 Å². The van der Waals surface area contributed by atoms with Crippen molar-refractivity contribution in [3.63, 3.8) is 0 Å². The molecule has 0 radical (unpaired) electrons. The van der Waals surface area contributed by atoms with Crippen LogP contribution in [0.15, 0.2) is 72.8 Å². The van der Waals surface area contributed by atoms with Gasteiger partial charge in [-0.25, -0.2) is 0 Å². The first kappa shape index (κ1) is 14.1. The Kier molecular flexibility index (Phi) is 4.03. The van der Waals surface area contributed by atoms with Gasteiger partial charge >= 0.3 is 0 Å². The zero-order valence-electron chi connectivity index (χ0n) is 12.6. The molecule has 0 atom stereocenters.